The van der Waals surface area contributed by atoms with E-state index < -0.39 is 0 Å². The predicted molar refractivity (Wildman–Crippen MR) is 91.7 cm³/mol. The maximum absolute atomic E-state index is 12.1. The first-order valence-electron chi connectivity index (χ1n) is 7.10. The van der Waals surface area contributed by atoms with Crippen molar-refractivity contribution in [1.29, 1.82) is 0 Å². The van der Waals surface area contributed by atoms with E-state index in [4.69, 9.17) is 11.6 Å². The Kier molecular flexibility index (Phi) is 4.71. The van der Waals surface area contributed by atoms with Crippen LogP contribution in [0.4, 0.5) is 0 Å². The SMILES string of the molecule is O=C(NCCCc1ccccc1)c1ccc2nc(Cl)sc2c1. The number of carbonyl (C=O) groups excluding carboxylic acids is 1. The van der Waals surface area contributed by atoms with Crippen molar-refractivity contribution in [3.8, 4) is 0 Å². The van der Waals surface area contributed by atoms with Gasteiger partial charge in [0.2, 0.25) is 0 Å². The Morgan fingerprint density at radius 3 is 2.82 bits per heavy atom. The van der Waals surface area contributed by atoms with Gasteiger partial charge in [-0.2, -0.15) is 0 Å². The van der Waals surface area contributed by atoms with Crippen LogP contribution in [-0.4, -0.2) is 17.4 Å². The largest absolute Gasteiger partial charge is 0.352 e. The number of benzene rings is 2. The molecule has 1 amide bonds. The molecule has 0 spiro atoms. The molecule has 0 fully saturated rings. The minimum absolute atomic E-state index is 0.0560. The van der Waals surface area contributed by atoms with Crippen LogP contribution in [0.25, 0.3) is 10.2 Å². The van der Waals surface area contributed by atoms with E-state index in [9.17, 15) is 4.79 Å². The van der Waals surface area contributed by atoms with Crippen LogP contribution in [0.3, 0.4) is 0 Å². The number of nitrogens with zero attached hydrogens (tertiary/aromatic N) is 1. The first-order chi connectivity index (χ1) is 10.7. The molecule has 0 radical (unpaired) electrons. The number of rotatable bonds is 5. The summed E-state index contributed by atoms with van der Waals surface area (Å²) < 4.78 is 1.43. The second kappa shape index (κ2) is 6.90. The molecule has 3 nitrogen and oxygen atoms in total. The summed E-state index contributed by atoms with van der Waals surface area (Å²) in [5.74, 6) is -0.0560. The van der Waals surface area contributed by atoms with Crippen LogP contribution in [0.2, 0.25) is 4.47 Å². The summed E-state index contributed by atoms with van der Waals surface area (Å²) in [4.78, 5) is 16.3. The lowest BCUT2D eigenvalue weighted by molar-refractivity contribution is 0.0953. The molecule has 0 saturated heterocycles. The Bertz CT molecular complexity index is 786. The molecule has 3 aromatic rings. The van der Waals surface area contributed by atoms with Crippen LogP contribution in [0.5, 0.6) is 0 Å². The summed E-state index contributed by atoms with van der Waals surface area (Å²) in [5.41, 5.74) is 2.76. The Morgan fingerprint density at radius 2 is 2.00 bits per heavy atom. The van der Waals surface area contributed by atoms with Gasteiger partial charge in [0.05, 0.1) is 10.2 Å². The van der Waals surface area contributed by atoms with Gasteiger partial charge < -0.3 is 5.32 Å². The molecule has 0 aliphatic heterocycles. The Balaban J connectivity index is 1.54. The molecule has 0 aliphatic carbocycles. The van der Waals surface area contributed by atoms with Gasteiger partial charge in [-0.15, -0.1) is 11.3 Å². The molecular formula is C17H15ClN2OS. The van der Waals surface area contributed by atoms with Crippen LogP contribution in [0, 0.1) is 0 Å². The van der Waals surface area contributed by atoms with Gasteiger partial charge in [0, 0.05) is 12.1 Å². The summed E-state index contributed by atoms with van der Waals surface area (Å²) in [6.07, 6.45) is 1.88. The quantitative estimate of drug-likeness (QED) is 0.708. The van der Waals surface area contributed by atoms with Crippen LogP contribution in [0.1, 0.15) is 22.3 Å². The Morgan fingerprint density at radius 1 is 1.18 bits per heavy atom. The molecule has 1 aromatic heterocycles. The third-order valence-electron chi connectivity index (χ3n) is 3.40. The van der Waals surface area contributed by atoms with Crippen LogP contribution < -0.4 is 5.32 Å². The van der Waals surface area contributed by atoms with Gasteiger partial charge in [0.25, 0.3) is 5.91 Å². The Hall–Kier alpha value is -1.91. The van der Waals surface area contributed by atoms with Crippen molar-refractivity contribution in [3.05, 3.63) is 64.1 Å². The number of amides is 1. The van der Waals surface area contributed by atoms with Gasteiger partial charge in [-0.1, -0.05) is 41.9 Å². The highest BCUT2D eigenvalue weighted by molar-refractivity contribution is 7.22. The first-order valence-corrected chi connectivity index (χ1v) is 8.30. The second-order valence-corrected chi connectivity index (χ2v) is 6.61. The molecule has 1 heterocycles. The fourth-order valence-corrected chi connectivity index (χ4v) is 3.35. The molecular weight excluding hydrogens is 316 g/mol. The third kappa shape index (κ3) is 3.64. The molecule has 0 aliphatic rings. The molecule has 0 unspecified atom stereocenters. The summed E-state index contributed by atoms with van der Waals surface area (Å²) in [6.45, 7) is 0.662. The van der Waals surface area contributed by atoms with Crippen molar-refractivity contribution in [3.63, 3.8) is 0 Å². The van der Waals surface area contributed by atoms with E-state index in [-0.39, 0.29) is 5.91 Å². The summed E-state index contributed by atoms with van der Waals surface area (Å²) in [7, 11) is 0. The van der Waals surface area contributed by atoms with E-state index in [0.29, 0.717) is 16.6 Å². The number of nitrogens with one attached hydrogen (secondary N) is 1. The van der Waals surface area contributed by atoms with Crippen molar-refractivity contribution in [2.75, 3.05) is 6.54 Å². The fraction of sp³-hybridized carbons (Fsp3) is 0.176. The maximum Gasteiger partial charge on any atom is 0.251 e. The highest BCUT2D eigenvalue weighted by atomic mass is 35.5. The van der Waals surface area contributed by atoms with Gasteiger partial charge >= 0.3 is 0 Å². The van der Waals surface area contributed by atoms with Crippen LogP contribution in [0.15, 0.2) is 48.5 Å². The van der Waals surface area contributed by atoms with Crippen molar-refractivity contribution >= 4 is 39.1 Å². The predicted octanol–water partition coefficient (Wildman–Crippen LogP) is 4.31. The fourth-order valence-electron chi connectivity index (χ4n) is 2.28. The van der Waals surface area contributed by atoms with Crippen molar-refractivity contribution < 1.29 is 4.79 Å². The number of halogens is 1. The molecule has 5 heteroatoms. The molecule has 0 bridgehead atoms. The Labute approximate surface area is 138 Å². The standard InChI is InChI=1S/C17H15ClN2OS/c18-17-20-14-9-8-13(11-15(14)22-17)16(21)19-10-4-7-12-5-2-1-3-6-12/h1-3,5-6,8-9,11H,4,7,10H2,(H,19,21). The van der Waals surface area contributed by atoms with E-state index in [1.54, 1.807) is 6.07 Å². The monoisotopic (exact) mass is 330 g/mol. The maximum atomic E-state index is 12.1. The average Bonchev–Trinajstić information content (AvgIpc) is 2.91. The minimum atomic E-state index is -0.0560. The topological polar surface area (TPSA) is 42.0 Å². The highest BCUT2D eigenvalue weighted by Crippen LogP contribution is 2.26. The average molecular weight is 331 g/mol. The molecule has 2 aromatic carbocycles. The first kappa shape index (κ1) is 15.0. The third-order valence-corrected chi connectivity index (χ3v) is 4.52. The molecule has 0 atom stereocenters. The zero-order valence-electron chi connectivity index (χ0n) is 11.9. The molecule has 112 valence electrons. The highest BCUT2D eigenvalue weighted by Gasteiger charge is 2.08. The number of aromatic nitrogens is 1. The zero-order chi connectivity index (χ0) is 15.4. The van der Waals surface area contributed by atoms with Crippen LogP contribution >= 0.6 is 22.9 Å². The summed E-state index contributed by atoms with van der Waals surface area (Å²) >= 11 is 7.27. The number of fused-ring (bicyclic) bond motifs is 1. The van der Waals surface area contributed by atoms with E-state index >= 15 is 0 Å². The van der Waals surface area contributed by atoms with Gasteiger partial charge in [-0.05, 0) is 36.6 Å². The minimum Gasteiger partial charge on any atom is -0.352 e. The van der Waals surface area contributed by atoms with Crippen molar-refractivity contribution in [2.24, 2.45) is 0 Å². The van der Waals surface area contributed by atoms with E-state index in [0.717, 1.165) is 23.1 Å². The molecule has 3 rings (SSSR count). The van der Waals surface area contributed by atoms with Crippen LogP contribution in [-0.2, 0) is 6.42 Å². The lowest BCUT2D eigenvalue weighted by atomic mass is 10.1. The number of aryl methyl sites for hydroxylation is 1. The lowest BCUT2D eigenvalue weighted by Gasteiger charge is -2.05. The van der Waals surface area contributed by atoms with E-state index in [1.165, 1.54) is 16.9 Å². The van der Waals surface area contributed by atoms with Gasteiger partial charge in [0.15, 0.2) is 4.47 Å². The number of hydrogen-bond donors (Lipinski definition) is 1. The molecule has 1 N–H and O–H groups in total. The lowest BCUT2D eigenvalue weighted by Crippen LogP contribution is -2.24. The summed E-state index contributed by atoms with van der Waals surface area (Å²) in [5, 5.41) is 2.95. The molecule has 22 heavy (non-hydrogen) atoms. The van der Waals surface area contributed by atoms with Crippen molar-refractivity contribution in [1.82, 2.24) is 10.3 Å². The second-order valence-electron chi connectivity index (χ2n) is 4.99. The van der Waals surface area contributed by atoms with Gasteiger partial charge in [0.1, 0.15) is 0 Å². The van der Waals surface area contributed by atoms with E-state index in [2.05, 4.69) is 22.4 Å². The van der Waals surface area contributed by atoms with E-state index in [1.807, 2.05) is 30.3 Å². The summed E-state index contributed by atoms with van der Waals surface area (Å²) in [6, 6.07) is 15.7. The molecule has 0 saturated carbocycles. The van der Waals surface area contributed by atoms with Gasteiger partial charge in [-0.25, -0.2) is 4.98 Å². The van der Waals surface area contributed by atoms with Gasteiger partial charge in [-0.3, -0.25) is 4.79 Å². The number of hydrogen-bond acceptors (Lipinski definition) is 3. The normalized spacial score (nSPS) is 10.8. The van der Waals surface area contributed by atoms with Crippen molar-refractivity contribution in [2.45, 2.75) is 12.8 Å². The smallest absolute Gasteiger partial charge is 0.251 e. The number of thiazole rings is 1. The number of carbonyl (C=O) groups is 1. The zero-order valence-corrected chi connectivity index (χ0v) is 13.5.